The van der Waals surface area contributed by atoms with Crippen LogP contribution in [0.15, 0.2) is 41.6 Å². The molecule has 1 saturated heterocycles. The largest absolute Gasteiger partial charge is 0.419 e. The number of pyridine rings is 1. The number of carbonyl (C=O) groups is 2. The van der Waals surface area contributed by atoms with Crippen LogP contribution < -0.4 is 5.32 Å². The molecule has 1 aliphatic heterocycles. The number of rotatable bonds is 8. The summed E-state index contributed by atoms with van der Waals surface area (Å²) in [6, 6.07) is 3.55. The van der Waals surface area contributed by atoms with Gasteiger partial charge >= 0.3 is 6.18 Å². The second-order valence-corrected chi connectivity index (χ2v) is 12.7. The van der Waals surface area contributed by atoms with E-state index in [9.17, 15) is 35.6 Å². The van der Waals surface area contributed by atoms with Crippen LogP contribution in [0.5, 0.6) is 0 Å². The molecular formula is C27H29F4N3O4S. The maximum absolute atomic E-state index is 14.3. The van der Waals surface area contributed by atoms with Gasteiger partial charge in [-0.1, -0.05) is 13.0 Å². The van der Waals surface area contributed by atoms with E-state index in [2.05, 4.69) is 10.3 Å². The fourth-order valence-electron chi connectivity index (χ4n) is 5.35. The standard InChI is InChI=1S/C27H29F4N3O4S/c1-2-18-6-10-22(34(18)26(36)17-11-12-32-23(14-17)39(37,38)19-7-8-19)25(35)33-24(15-3-4-15)16-5-9-20(21(28)13-16)27(29,30)31/h5,9,11-15,18-19,22,24H,2-4,6-8,10H2,1H3,(H,33,35)/t18-,22-,24?/m1/s1. The van der Waals surface area contributed by atoms with Crippen LogP contribution in [0.1, 0.15) is 79.4 Å². The van der Waals surface area contributed by atoms with Crippen LogP contribution in [0.4, 0.5) is 17.6 Å². The Kier molecular flexibility index (Phi) is 7.19. The molecule has 1 aromatic heterocycles. The molecule has 2 amide bonds. The number of carbonyl (C=O) groups excluding carboxylic acids is 2. The van der Waals surface area contributed by atoms with Crippen LogP contribution in [0.2, 0.25) is 0 Å². The van der Waals surface area contributed by atoms with Gasteiger partial charge in [0, 0.05) is 17.8 Å². The van der Waals surface area contributed by atoms with E-state index in [1.165, 1.54) is 29.3 Å². The zero-order valence-electron chi connectivity index (χ0n) is 21.2. The summed E-state index contributed by atoms with van der Waals surface area (Å²) in [7, 11) is -3.62. The minimum Gasteiger partial charge on any atom is -0.347 e. The van der Waals surface area contributed by atoms with E-state index in [4.69, 9.17) is 0 Å². The van der Waals surface area contributed by atoms with E-state index in [0.29, 0.717) is 38.2 Å². The molecular weight excluding hydrogens is 538 g/mol. The van der Waals surface area contributed by atoms with Crippen molar-refractivity contribution >= 4 is 21.7 Å². The van der Waals surface area contributed by atoms with Gasteiger partial charge in [-0.15, -0.1) is 0 Å². The van der Waals surface area contributed by atoms with Crippen molar-refractivity contribution < 1.29 is 35.6 Å². The summed E-state index contributed by atoms with van der Waals surface area (Å²) in [4.78, 5) is 32.6. The van der Waals surface area contributed by atoms with E-state index in [-0.39, 0.29) is 28.1 Å². The molecule has 2 heterocycles. The Morgan fingerprint density at radius 2 is 1.79 bits per heavy atom. The first-order valence-corrected chi connectivity index (χ1v) is 14.7. The van der Waals surface area contributed by atoms with E-state index in [0.717, 1.165) is 18.9 Å². The van der Waals surface area contributed by atoms with Gasteiger partial charge in [0.15, 0.2) is 14.9 Å². The van der Waals surface area contributed by atoms with Gasteiger partial charge in [-0.3, -0.25) is 9.59 Å². The molecule has 1 unspecified atom stereocenters. The van der Waals surface area contributed by atoms with Gasteiger partial charge in [-0.2, -0.15) is 13.2 Å². The van der Waals surface area contributed by atoms with Crippen molar-refractivity contribution in [2.75, 3.05) is 0 Å². The Labute approximate surface area is 223 Å². The Bertz CT molecular complexity index is 1390. The second-order valence-electron chi connectivity index (χ2n) is 10.6. The van der Waals surface area contributed by atoms with Gasteiger partial charge in [0.05, 0.1) is 16.9 Å². The molecule has 2 saturated carbocycles. The highest BCUT2D eigenvalue weighted by molar-refractivity contribution is 7.92. The molecule has 3 atom stereocenters. The third-order valence-corrected chi connectivity index (χ3v) is 9.95. The molecule has 210 valence electrons. The molecule has 1 N–H and O–H groups in total. The number of sulfone groups is 1. The van der Waals surface area contributed by atoms with E-state index in [1.54, 1.807) is 0 Å². The zero-order chi connectivity index (χ0) is 28.1. The molecule has 5 rings (SSSR count). The Hall–Kier alpha value is -3.02. The minimum absolute atomic E-state index is 0.0481. The maximum Gasteiger partial charge on any atom is 0.419 e. The smallest absolute Gasteiger partial charge is 0.347 e. The lowest BCUT2D eigenvalue weighted by Crippen LogP contribution is -2.49. The van der Waals surface area contributed by atoms with Crippen LogP contribution in [0.3, 0.4) is 0 Å². The highest BCUT2D eigenvalue weighted by Gasteiger charge is 2.44. The molecule has 1 aromatic carbocycles. The number of hydrogen-bond donors (Lipinski definition) is 1. The first-order chi connectivity index (χ1) is 18.4. The van der Waals surface area contributed by atoms with Crippen molar-refractivity contribution in [3.8, 4) is 0 Å². The van der Waals surface area contributed by atoms with Crippen LogP contribution in [-0.2, 0) is 20.8 Å². The Morgan fingerprint density at radius 1 is 1.08 bits per heavy atom. The van der Waals surface area contributed by atoms with Crippen LogP contribution in [0, 0.1) is 11.7 Å². The topological polar surface area (TPSA) is 96.4 Å². The minimum atomic E-state index is -4.83. The van der Waals surface area contributed by atoms with Crippen LogP contribution in [-0.4, -0.2) is 47.4 Å². The highest BCUT2D eigenvalue weighted by Crippen LogP contribution is 2.43. The zero-order valence-corrected chi connectivity index (χ0v) is 22.1. The molecule has 2 aliphatic carbocycles. The van der Waals surface area contributed by atoms with Crippen molar-refractivity contribution in [2.24, 2.45) is 5.92 Å². The first kappa shape index (κ1) is 27.5. The monoisotopic (exact) mass is 567 g/mol. The van der Waals surface area contributed by atoms with Gasteiger partial charge in [-0.25, -0.2) is 17.8 Å². The molecule has 0 bridgehead atoms. The molecule has 0 radical (unpaired) electrons. The van der Waals surface area contributed by atoms with E-state index in [1.807, 2.05) is 6.92 Å². The lowest BCUT2D eigenvalue weighted by molar-refractivity contribution is -0.140. The quantitative estimate of drug-likeness (QED) is 0.461. The molecule has 0 spiro atoms. The summed E-state index contributed by atoms with van der Waals surface area (Å²) in [6.07, 6.45) is 0.516. The van der Waals surface area contributed by atoms with Gasteiger partial charge in [0.1, 0.15) is 11.9 Å². The number of nitrogens with one attached hydrogen (secondary N) is 1. The van der Waals surface area contributed by atoms with Gasteiger partial charge in [0.2, 0.25) is 5.91 Å². The summed E-state index contributed by atoms with van der Waals surface area (Å²) in [6.45, 7) is 1.89. The third kappa shape index (κ3) is 5.53. The van der Waals surface area contributed by atoms with Gasteiger partial charge in [0.25, 0.3) is 5.91 Å². The summed E-state index contributed by atoms with van der Waals surface area (Å²) in [5.74, 6) is -2.42. The van der Waals surface area contributed by atoms with Crippen LogP contribution in [0.25, 0.3) is 0 Å². The van der Waals surface area contributed by atoms with Crippen molar-refractivity contribution in [3.63, 3.8) is 0 Å². The number of hydrogen-bond acceptors (Lipinski definition) is 5. The summed E-state index contributed by atoms with van der Waals surface area (Å²) < 4.78 is 78.8. The normalized spacial score (nSPS) is 22.5. The molecule has 7 nitrogen and oxygen atoms in total. The summed E-state index contributed by atoms with van der Waals surface area (Å²) in [5, 5.41) is 2.22. The van der Waals surface area contributed by atoms with Crippen molar-refractivity contribution in [1.29, 1.82) is 0 Å². The number of benzene rings is 1. The molecule has 3 aliphatic rings. The van der Waals surface area contributed by atoms with Crippen molar-refractivity contribution in [1.82, 2.24) is 15.2 Å². The average Bonchev–Trinajstić information content (AvgIpc) is 3.82. The van der Waals surface area contributed by atoms with E-state index >= 15 is 0 Å². The summed E-state index contributed by atoms with van der Waals surface area (Å²) in [5.41, 5.74) is -1.01. The predicted octanol–water partition coefficient (Wildman–Crippen LogP) is 4.83. The number of alkyl halides is 3. The van der Waals surface area contributed by atoms with Crippen molar-refractivity contribution in [2.45, 2.75) is 86.4 Å². The number of nitrogens with zero attached hydrogens (tertiary/aromatic N) is 2. The Morgan fingerprint density at radius 3 is 2.38 bits per heavy atom. The fourth-order valence-corrected chi connectivity index (χ4v) is 6.95. The third-order valence-electron chi connectivity index (χ3n) is 7.80. The first-order valence-electron chi connectivity index (χ1n) is 13.1. The predicted molar refractivity (Wildman–Crippen MR) is 133 cm³/mol. The number of amides is 2. The molecule has 2 aromatic rings. The Balaban J connectivity index is 1.38. The second kappa shape index (κ2) is 10.2. The van der Waals surface area contributed by atoms with Gasteiger partial charge in [-0.05, 0) is 80.7 Å². The van der Waals surface area contributed by atoms with E-state index < -0.39 is 56.5 Å². The fraction of sp³-hybridized carbons (Fsp3) is 0.519. The van der Waals surface area contributed by atoms with Gasteiger partial charge < -0.3 is 10.2 Å². The summed E-state index contributed by atoms with van der Waals surface area (Å²) >= 11 is 0. The SMILES string of the molecule is CC[C@@H]1CC[C@H](C(=O)NC(c2ccc(C(F)(F)F)c(F)c2)C2CC2)N1C(=O)c1ccnc(S(=O)(=O)C2CC2)c1. The number of likely N-dealkylation sites (tertiary alicyclic amines) is 1. The molecule has 12 heteroatoms. The lowest BCUT2D eigenvalue weighted by atomic mass is 9.99. The molecule has 3 fully saturated rings. The lowest BCUT2D eigenvalue weighted by Gasteiger charge is -2.31. The molecule has 39 heavy (non-hydrogen) atoms. The van der Waals surface area contributed by atoms with Crippen molar-refractivity contribution in [3.05, 3.63) is 59.0 Å². The maximum atomic E-state index is 14.3. The van der Waals surface area contributed by atoms with Crippen LogP contribution >= 0.6 is 0 Å². The average molecular weight is 568 g/mol. The number of aromatic nitrogens is 1. The highest BCUT2D eigenvalue weighted by atomic mass is 32.2. The number of halogens is 4.